The highest BCUT2D eigenvalue weighted by Gasteiger charge is 2.15. The average Bonchev–Trinajstić information content (AvgIpc) is 3.11. The van der Waals surface area contributed by atoms with Gasteiger partial charge in [0.15, 0.2) is 12.4 Å². The van der Waals surface area contributed by atoms with Gasteiger partial charge in [0, 0.05) is 16.1 Å². The molecule has 0 aliphatic heterocycles. The third-order valence-corrected chi connectivity index (χ3v) is 5.35. The summed E-state index contributed by atoms with van der Waals surface area (Å²) in [5.74, 6) is -0.752. The minimum Gasteiger partial charge on any atom is -0.454 e. The molecule has 1 aliphatic rings. The summed E-state index contributed by atoms with van der Waals surface area (Å²) in [6.07, 6.45) is 5.28. The van der Waals surface area contributed by atoms with Gasteiger partial charge >= 0.3 is 5.97 Å². The molecule has 0 heterocycles. The van der Waals surface area contributed by atoms with Gasteiger partial charge in [-0.1, -0.05) is 58.4 Å². The van der Waals surface area contributed by atoms with Crippen LogP contribution in [-0.2, 0) is 22.4 Å². The van der Waals surface area contributed by atoms with E-state index in [1.54, 1.807) is 30.3 Å². The summed E-state index contributed by atoms with van der Waals surface area (Å²) in [4.78, 5) is 24.1. The summed E-state index contributed by atoms with van der Waals surface area (Å²) in [5, 5.41) is 2.45. The van der Waals surface area contributed by atoms with Gasteiger partial charge in [0.25, 0.3) is 0 Å². The maximum atomic E-state index is 12.1. The minimum atomic E-state index is -0.524. The molecule has 0 atom stereocenters. The van der Waals surface area contributed by atoms with E-state index in [0.29, 0.717) is 5.56 Å². The second-order valence-corrected chi connectivity index (χ2v) is 7.44. The van der Waals surface area contributed by atoms with Crippen LogP contribution in [0.4, 0.5) is 0 Å². The number of carbonyl (C=O) groups is 2. The van der Waals surface area contributed by atoms with E-state index in [-0.39, 0.29) is 12.4 Å². The Kier molecular flexibility index (Phi) is 4.90. The van der Waals surface area contributed by atoms with Crippen molar-refractivity contribution in [2.75, 3.05) is 6.61 Å². The van der Waals surface area contributed by atoms with Crippen molar-refractivity contribution in [3.63, 3.8) is 0 Å². The van der Waals surface area contributed by atoms with Gasteiger partial charge in [-0.15, -0.1) is 0 Å². The number of aryl methyl sites for hydroxylation is 2. The molecule has 0 unspecified atom stereocenters. The number of carbonyl (C=O) groups excluding carboxylic acids is 2. The number of esters is 1. The smallest absolute Gasteiger partial charge is 0.331 e. The number of ketones is 1. The second-order valence-electron chi connectivity index (χ2n) is 6.52. The van der Waals surface area contributed by atoms with Crippen LogP contribution in [-0.4, -0.2) is 18.4 Å². The van der Waals surface area contributed by atoms with E-state index in [9.17, 15) is 9.59 Å². The molecule has 0 radical (unpaired) electrons. The van der Waals surface area contributed by atoms with Crippen LogP contribution in [0.5, 0.6) is 0 Å². The van der Waals surface area contributed by atoms with E-state index in [1.165, 1.54) is 22.6 Å². The molecule has 27 heavy (non-hydrogen) atoms. The topological polar surface area (TPSA) is 43.4 Å². The van der Waals surface area contributed by atoms with Crippen molar-refractivity contribution in [1.82, 2.24) is 0 Å². The Bertz CT molecular complexity index is 1050. The van der Waals surface area contributed by atoms with Gasteiger partial charge in [0.1, 0.15) is 0 Å². The standard InChI is InChI=1S/C23H17BrO3/c24-19-11-8-16(9-12-19)21(25)14-27-22(26)13-10-15-4-5-18-7-6-17-2-1-3-20(15)23(17)18/h1-5,8-13H,6-7,14H2. The third kappa shape index (κ3) is 3.71. The Hall–Kier alpha value is -2.72. The first kappa shape index (κ1) is 17.7. The molecule has 0 fully saturated rings. The molecular formula is C23H17BrO3. The lowest BCUT2D eigenvalue weighted by molar-refractivity contribution is -0.136. The quantitative estimate of drug-likeness (QED) is 0.326. The molecule has 4 heteroatoms. The molecule has 4 rings (SSSR count). The molecule has 0 aromatic heterocycles. The molecule has 3 nitrogen and oxygen atoms in total. The molecule has 0 saturated carbocycles. The molecule has 3 aromatic carbocycles. The van der Waals surface area contributed by atoms with E-state index in [0.717, 1.165) is 28.3 Å². The largest absolute Gasteiger partial charge is 0.454 e. The number of Topliss-reactive ketones (excluding diaryl/α,β-unsaturated/α-hetero) is 1. The molecule has 0 amide bonds. The van der Waals surface area contributed by atoms with Crippen LogP contribution in [0.1, 0.15) is 27.0 Å². The van der Waals surface area contributed by atoms with Crippen molar-refractivity contribution in [1.29, 1.82) is 0 Å². The Morgan fingerprint density at radius 2 is 1.70 bits per heavy atom. The highest BCUT2D eigenvalue weighted by Crippen LogP contribution is 2.33. The summed E-state index contributed by atoms with van der Waals surface area (Å²) in [6, 6.07) is 17.4. The Labute approximate surface area is 165 Å². The fourth-order valence-corrected chi connectivity index (χ4v) is 3.74. The normalized spacial score (nSPS) is 12.6. The predicted octanol–water partition coefficient (Wildman–Crippen LogP) is 5.14. The van der Waals surface area contributed by atoms with Crippen molar-refractivity contribution in [3.05, 3.63) is 87.4 Å². The zero-order chi connectivity index (χ0) is 18.8. The number of halogens is 1. The van der Waals surface area contributed by atoms with Gasteiger partial charge in [-0.05, 0) is 58.5 Å². The lowest BCUT2D eigenvalue weighted by Crippen LogP contribution is -2.12. The minimum absolute atomic E-state index is 0.227. The van der Waals surface area contributed by atoms with Gasteiger partial charge in [-0.3, -0.25) is 4.79 Å². The van der Waals surface area contributed by atoms with Crippen molar-refractivity contribution in [2.45, 2.75) is 12.8 Å². The number of ether oxygens (including phenoxy) is 1. The number of benzene rings is 3. The second kappa shape index (κ2) is 7.49. The van der Waals surface area contributed by atoms with Crippen LogP contribution >= 0.6 is 15.9 Å². The molecule has 0 N–H and O–H groups in total. The lowest BCUT2D eigenvalue weighted by Gasteiger charge is -2.06. The summed E-state index contributed by atoms with van der Waals surface area (Å²) in [5.41, 5.74) is 4.22. The summed E-state index contributed by atoms with van der Waals surface area (Å²) in [6.45, 7) is -0.269. The van der Waals surface area contributed by atoms with Gasteiger partial charge in [-0.2, -0.15) is 0 Å². The lowest BCUT2D eigenvalue weighted by atomic mass is 10.00. The third-order valence-electron chi connectivity index (χ3n) is 4.82. The molecular weight excluding hydrogens is 404 g/mol. The van der Waals surface area contributed by atoms with Crippen molar-refractivity contribution >= 4 is 44.5 Å². The van der Waals surface area contributed by atoms with Crippen molar-refractivity contribution in [3.8, 4) is 0 Å². The molecule has 1 aliphatic carbocycles. The van der Waals surface area contributed by atoms with Crippen LogP contribution in [0.3, 0.4) is 0 Å². The Morgan fingerprint density at radius 1 is 0.963 bits per heavy atom. The number of rotatable bonds is 5. The summed E-state index contributed by atoms with van der Waals surface area (Å²) >= 11 is 3.32. The van der Waals surface area contributed by atoms with Gasteiger partial charge < -0.3 is 4.74 Å². The summed E-state index contributed by atoms with van der Waals surface area (Å²) < 4.78 is 5.99. The van der Waals surface area contributed by atoms with E-state index in [4.69, 9.17) is 4.74 Å². The highest BCUT2D eigenvalue weighted by atomic mass is 79.9. The van der Waals surface area contributed by atoms with Crippen molar-refractivity contribution in [2.24, 2.45) is 0 Å². The van der Waals surface area contributed by atoms with E-state index in [1.807, 2.05) is 6.07 Å². The zero-order valence-electron chi connectivity index (χ0n) is 14.6. The van der Waals surface area contributed by atoms with Gasteiger partial charge in [0.2, 0.25) is 0 Å². The van der Waals surface area contributed by atoms with Crippen LogP contribution in [0.25, 0.3) is 16.8 Å². The molecule has 0 spiro atoms. The predicted molar refractivity (Wildman–Crippen MR) is 110 cm³/mol. The van der Waals surface area contributed by atoms with E-state index < -0.39 is 5.97 Å². The van der Waals surface area contributed by atoms with E-state index in [2.05, 4.69) is 40.2 Å². The van der Waals surface area contributed by atoms with Gasteiger partial charge in [-0.25, -0.2) is 4.79 Å². The molecule has 0 saturated heterocycles. The number of hydrogen-bond acceptors (Lipinski definition) is 3. The van der Waals surface area contributed by atoms with Gasteiger partial charge in [0.05, 0.1) is 0 Å². The SMILES string of the molecule is O=C(C=Cc1ccc2c3c(cccc13)CC2)OCC(=O)c1ccc(Br)cc1. The Morgan fingerprint density at radius 3 is 2.48 bits per heavy atom. The zero-order valence-corrected chi connectivity index (χ0v) is 16.2. The summed E-state index contributed by atoms with van der Waals surface area (Å²) in [7, 11) is 0. The fraction of sp³-hybridized carbons (Fsp3) is 0.130. The maximum absolute atomic E-state index is 12.1. The average molecular weight is 421 g/mol. The van der Waals surface area contributed by atoms with E-state index >= 15 is 0 Å². The monoisotopic (exact) mass is 420 g/mol. The van der Waals surface area contributed by atoms with Crippen LogP contribution in [0.2, 0.25) is 0 Å². The fourth-order valence-electron chi connectivity index (χ4n) is 3.48. The Balaban J connectivity index is 1.44. The van der Waals surface area contributed by atoms with Crippen LogP contribution in [0, 0.1) is 0 Å². The first-order chi connectivity index (χ1) is 13.1. The molecule has 134 valence electrons. The molecule has 0 bridgehead atoms. The first-order valence-corrected chi connectivity index (χ1v) is 9.58. The number of hydrogen-bond donors (Lipinski definition) is 0. The van der Waals surface area contributed by atoms with Crippen LogP contribution in [0.15, 0.2) is 65.1 Å². The highest BCUT2D eigenvalue weighted by molar-refractivity contribution is 9.10. The first-order valence-electron chi connectivity index (χ1n) is 8.79. The maximum Gasteiger partial charge on any atom is 0.331 e. The van der Waals surface area contributed by atoms with Crippen molar-refractivity contribution < 1.29 is 14.3 Å². The molecule has 3 aromatic rings. The van der Waals surface area contributed by atoms with Crippen LogP contribution < -0.4 is 0 Å².